The van der Waals surface area contributed by atoms with Crippen molar-refractivity contribution in [2.24, 2.45) is 0 Å². The molecule has 0 spiro atoms. The van der Waals surface area contributed by atoms with Crippen LogP contribution in [0.25, 0.3) is 16.6 Å². The third kappa shape index (κ3) is 1.31. The maximum absolute atomic E-state index is 9.23. The number of hydrogen-bond acceptors (Lipinski definition) is 1. The van der Waals surface area contributed by atoms with Crippen molar-refractivity contribution in [3.63, 3.8) is 0 Å². The van der Waals surface area contributed by atoms with Crippen LogP contribution in [0.5, 0.6) is 0 Å². The Bertz CT molecular complexity index is 910. The summed E-state index contributed by atoms with van der Waals surface area (Å²) in [6.45, 7) is 5.17. The van der Waals surface area contributed by atoms with Gasteiger partial charge in [-0.1, -0.05) is 6.07 Å². The molecule has 2 aromatic carbocycles. The first-order valence-corrected chi connectivity index (χ1v) is 6.74. The summed E-state index contributed by atoms with van der Waals surface area (Å²) in [6.07, 6.45) is 2.08. The molecular formula is C17H14N3+. The Hall–Kier alpha value is -2.60. The van der Waals surface area contributed by atoms with Crippen LogP contribution in [-0.4, -0.2) is 4.68 Å². The fourth-order valence-electron chi connectivity index (χ4n) is 3.06. The van der Waals surface area contributed by atoms with E-state index in [1.807, 2.05) is 12.1 Å². The number of hydrogen-bond donors (Lipinski definition) is 0. The molecule has 4 rings (SSSR count). The molecule has 0 amide bonds. The Kier molecular flexibility index (Phi) is 2.08. The highest BCUT2D eigenvalue weighted by molar-refractivity contribution is 5.85. The number of nitriles is 1. The molecule has 2 heterocycles. The van der Waals surface area contributed by atoms with Crippen molar-refractivity contribution in [1.82, 2.24) is 4.68 Å². The lowest BCUT2D eigenvalue weighted by Gasteiger charge is -2.03. The van der Waals surface area contributed by atoms with Gasteiger partial charge in [0, 0.05) is 5.56 Å². The van der Waals surface area contributed by atoms with Crippen molar-refractivity contribution in [1.29, 1.82) is 5.26 Å². The van der Waals surface area contributed by atoms with Gasteiger partial charge in [0.15, 0.2) is 6.54 Å². The Balaban J connectivity index is 2.09. The fourth-order valence-corrected chi connectivity index (χ4v) is 3.06. The maximum Gasteiger partial charge on any atom is 0.205 e. The minimum Gasteiger partial charge on any atom is -0.192 e. The van der Waals surface area contributed by atoms with Gasteiger partial charge in [-0.25, -0.2) is 0 Å². The Morgan fingerprint density at radius 3 is 2.80 bits per heavy atom. The second-order valence-corrected chi connectivity index (χ2v) is 5.45. The predicted octanol–water partition coefficient (Wildman–Crippen LogP) is 2.77. The van der Waals surface area contributed by atoms with Gasteiger partial charge >= 0.3 is 0 Å². The van der Waals surface area contributed by atoms with E-state index in [1.165, 1.54) is 22.4 Å². The van der Waals surface area contributed by atoms with Gasteiger partial charge in [-0.3, -0.25) is 0 Å². The summed E-state index contributed by atoms with van der Waals surface area (Å²) < 4.78 is 4.41. The highest BCUT2D eigenvalue weighted by Crippen LogP contribution is 2.28. The van der Waals surface area contributed by atoms with Gasteiger partial charge in [0.05, 0.1) is 10.9 Å². The number of aromatic nitrogens is 2. The second kappa shape index (κ2) is 3.71. The number of benzene rings is 2. The molecule has 1 aliphatic heterocycles. The van der Waals surface area contributed by atoms with Gasteiger partial charge in [-0.15, -0.1) is 9.36 Å². The average molecular weight is 260 g/mol. The van der Waals surface area contributed by atoms with Crippen molar-refractivity contribution in [3.8, 4) is 11.8 Å². The van der Waals surface area contributed by atoms with Crippen LogP contribution in [0.4, 0.5) is 0 Å². The monoisotopic (exact) mass is 260 g/mol. The second-order valence-electron chi connectivity index (χ2n) is 5.45. The molecule has 0 saturated heterocycles. The molecular weight excluding hydrogens is 246 g/mol. The molecule has 0 unspecified atom stereocenters. The van der Waals surface area contributed by atoms with Gasteiger partial charge in [-0.05, 0) is 49.2 Å². The minimum absolute atomic E-state index is 0.738. The normalized spacial score (nSPS) is 12.2. The van der Waals surface area contributed by atoms with E-state index < -0.39 is 0 Å². The van der Waals surface area contributed by atoms with Crippen LogP contribution in [0.1, 0.15) is 22.3 Å². The molecule has 3 nitrogen and oxygen atoms in total. The molecule has 0 atom stereocenters. The van der Waals surface area contributed by atoms with E-state index >= 15 is 0 Å². The largest absolute Gasteiger partial charge is 0.205 e. The first-order chi connectivity index (χ1) is 9.69. The van der Waals surface area contributed by atoms with Crippen LogP contribution in [0.15, 0.2) is 36.5 Å². The zero-order chi connectivity index (χ0) is 13.9. The highest BCUT2D eigenvalue weighted by Gasteiger charge is 2.29. The van der Waals surface area contributed by atoms with Crippen LogP contribution in [0.3, 0.4) is 0 Å². The maximum atomic E-state index is 9.23. The number of nitrogens with zero attached hydrogens (tertiary/aromatic N) is 3. The molecule has 1 aromatic heterocycles. The Labute approximate surface area is 117 Å². The van der Waals surface area contributed by atoms with Crippen LogP contribution in [0, 0.1) is 25.2 Å². The zero-order valence-electron chi connectivity index (χ0n) is 11.5. The summed E-state index contributed by atoms with van der Waals surface area (Å²) in [5.74, 6) is 0. The molecule has 1 aliphatic rings. The van der Waals surface area contributed by atoms with Crippen molar-refractivity contribution in [3.05, 3.63) is 58.8 Å². The lowest BCUT2D eigenvalue weighted by Crippen LogP contribution is -2.36. The molecule has 20 heavy (non-hydrogen) atoms. The van der Waals surface area contributed by atoms with Gasteiger partial charge in [0.2, 0.25) is 6.20 Å². The summed E-state index contributed by atoms with van der Waals surface area (Å²) in [5.41, 5.74) is 7.05. The van der Waals surface area contributed by atoms with Gasteiger partial charge in [0.25, 0.3) is 0 Å². The molecule has 0 fully saturated rings. The van der Waals surface area contributed by atoms with Crippen LogP contribution in [-0.2, 0) is 6.54 Å². The number of fused-ring (bicyclic) bond motifs is 5. The summed E-state index contributed by atoms with van der Waals surface area (Å²) in [7, 11) is 0. The molecule has 0 aliphatic carbocycles. The SMILES string of the molecule is Cc1cc2c(cc1C)-n1c3cccc(C#N)c3c[n+]1C2. The summed E-state index contributed by atoms with van der Waals surface area (Å²) in [6, 6.07) is 12.7. The summed E-state index contributed by atoms with van der Waals surface area (Å²) >= 11 is 0. The first kappa shape index (κ1) is 11.2. The quantitative estimate of drug-likeness (QED) is 0.447. The molecule has 0 N–H and O–H groups in total. The molecule has 3 heteroatoms. The fraction of sp³-hybridized carbons (Fsp3) is 0.176. The van der Waals surface area contributed by atoms with Gasteiger partial charge in [0.1, 0.15) is 17.3 Å². The zero-order valence-corrected chi connectivity index (χ0v) is 11.5. The van der Waals surface area contributed by atoms with Crippen molar-refractivity contribution in [2.45, 2.75) is 20.4 Å². The first-order valence-electron chi connectivity index (χ1n) is 6.74. The van der Waals surface area contributed by atoms with E-state index in [4.69, 9.17) is 0 Å². The standard InChI is InChI=1S/C17H14N3/c1-11-6-14-9-19-10-15-13(8-18)4-3-5-16(15)20(19)17(14)7-12(11)2/h3-7,10H,9H2,1-2H3/q+1. The van der Waals surface area contributed by atoms with Crippen molar-refractivity contribution >= 4 is 10.9 Å². The highest BCUT2D eigenvalue weighted by atomic mass is 15.4. The lowest BCUT2D eigenvalue weighted by atomic mass is 10.0. The molecule has 3 aromatic rings. The molecule has 96 valence electrons. The van der Waals surface area contributed by atoms with Crippen molar-refractivity contribution in [2.75, 3.05) is 0 Å². The summed E-state index contributed by atoms with van der Waals surface area (Å²) in [5, 5.41) is 10.3. The van der Waals surface area contributed by atoms with E-state index in [1.54, 1.807) is 0 Å². The Morgan fingerprint density at radius 2 is 2.00 bits per heavy atom. The number of rotatable bonds is 0. The smallest absolute Gasteiger partial charge is 0.192 e. The van der Waals surface area contributed by atoms with Crippen LogP contribution < -0.4 is 4.68 Å². The third-order valence-corrected chi connectivity index (χ3v) is 4.22. The third-order valence-electron chi connectivity index (χ3n) is 4.22. The molecule has 0 bridgehead atoms. The van der Waals surface area contributed by atoms with Crippen LogP contribution >= 0.6 is 0 Å². The Morgan fingerprint density at radius 1 is 1.20 bits per heavy atom. The van der Waals surface area contributed by atoms with E-state index in [0.29, 0.717) is 0 Å². The molecule has 0 radical (unpaired) electrons. The van der Waals surface area contributed by atoms with Crippen LogP contribution in [0.2, 0.25) is 0 Å². The summed E-state index contributed by atoms with van der Waals surface area (Å²) in [4.78, 5) is 0. The van der Waals surface area contributed by atoms with E-state index in [2.05, 4.69) is 53.7 Å². The van der Waals surface area contributed by atoms with E-state index in [0.717, 1.165) is 23.0 Å². The van der Waals surface area contributed by atoms with Gasteiger partial charge in [-0.2, -0.15) is 5.26 Å². The average Bonchev–Trinajstić information content (AvgIpc) is 2.95. The van der Waals surface area contributed by atoms with Gasteiger partial charge < -0.3 is 0 Å². The predicted molar refractivity (Wildman–Crippen MR) is 76.8 cm³/mol. The topological polar surface area (TPSA) is 32.6 Å². The molecule has 0 saturated carbocycles. The van der Waals surface area contributed by atoms with E-state index in [-0.39, 0.29) is 0 Å². The minimum atomic E-state index is 0.738. The number of aryl methyl sites for hydroxylation is 2. The lowest BCUT2D eigenvalue weighted by molar-refractivity contribution is -0.749. The van der Waals surface area contributed by atoms with E-state index in [9.17, 15) is 5.26 Å². The van der Waals surface area contributed by atoms with Crippen molar-refractivity contribution < 1.29 is 4.68 Å².